The summed E-state index contributed by atoms with van der Waals surface area (Å²) < 4.78 is 18.9. The van der Waals surface area contributed by atoms with E-state index in [4.69, 9.17) is 4.74 Å². The van der Waals surface area contributed by atoms with Gasteiger partial charge in [-0.15, -0.1) is 11.3 Å². The number of thiophene rings is 1. The number of nitrogens with zero attached hydrogens (tertiary/aromatic N) is 1. The molecule has 0 saturated carbocycles. The molecule has 1 aliphatic rings. The maximum absolute atomic E-state index is 13.4. The Morgan fingerprint density at radius 3 is 2.57 bits per heavy atom. The van der Waals surface area contributed by atoms with Crippen molar-refractivity contribution in [3.8, 4) is 5.75 Å². The first-order valence-electron chi connectivity index (χ1n) is 9.34. The first-order chi connectivity index (χ1) is 14.5. The van der Waals surface area contributed by atoms with Crippen LogP contribution in [0.5, 0.6) is 5.75 Å². The lowest BCUT2D eigenvalue weighted by Crippen LogP contribution is -2.29. The smallest absolute Gasteiger partial charge is 0.300 e. The molecule has 5 nitrogen and oxygen atoms in total. The molecule has 0 radical (unpaired) electrons. The molecular weight excluding hydrogens is 405 g/mol. The highest BCUT2D eigenvalue weighted by Crippen LogP contribution is 2.43. The van der Waals surface area contributed by atoms with E-state index in [0.717, 1.165) is 0 Å². The van der Waals surface area contributed by atoms with Gasteiger partial charge in [-0.3, -0.25) is 14.5 Å². The summed E-state index contributed by atoms with van der Waals surface area (Å²) in [5, 5.41) is 12.9. The van der Waals surface area contributed by atoms with Crippen LogP contribution in [0.25, 0.3) is 5.76 Å². The second kappa shape index (κ2) is 8.12. The number of hydrogen-bond donors (Lipinski definition) is 1. The number of aliphatic hydroxyl groups is 1. The van der Waals surface area contributed by atoms with Gasteiger partial charge in [0.05, 0.1) is 12.2 Å². The molecule has 152 valence electrons. The van der Waals surface area contributed by atoms with Crippen LogP contribution >= 0.6 is 11.3 Å². The van der Waals surface area contributed by atoms with Crippen LogP contribution < -0.4 is 9.64 Å². The Balaban J connectivity index is 1.88. The van der Waals surface area contributed by atoms with Gasteiger partial charge in [0.2, 0.25) is 0 Å². The molecule has 30 heavy (non-hydrogen) atoms. The number of amides is 1. The minimum atomic E-state index is -0.814. The largest absolute Gasteiger partial charge is 0.507 e. The van der Waals surface area contributed by atoms with E-state index in [1.165, 1.54) is 40.5 Å². The van der Waals surface area contributed by atoms with Crippen molar-refractivity contribution in [2.75, 3.05) is 11.5 Å². The highest BCUT2D eigenvalue weighted by atomic mass is 32.1. The van der Waals surface area contributed by atoms with Gasteiger partial charge in [-0.2, -0.15) is 0 Å². The average Bonchev–Trinajstić information content (AvgIpc) is 3.36. The topological polar surface area (TPSA) is 66.8 Å². The fourth-order valence-corrected chi connectivity index (χ4v) is 4.30. The predicted octanol–water partition coefficient (Wildman–Crippen LogP) is 4.91. The van der Waals surface area contributed by atoms with Crippen LogP contribution in [-0.2, 0) is 9.59 Å². The van der Waals surface area contributed by atoms with Gasteiger partial charge in [-0.05, 0) is 54.8 Å². The van der Waals surface area contributed by atoms with Gasteiger partial charge in [-0.25, -0.2) is 4.39 Å². The summed E-state index contributed by atoms with van der Waals surface area (Å²) in [5.41, 5.74) is 0.735. The average molecular weight is 423 g/mol. The minimum Gasteiger partial charge on any atom is -0.507 e. The SMILES string of the molecule is CCOc1cccc(/C(O)=C2/C(=O)C(=O)N(c3ccc(F)cc3)C2c2cccs2)c1. The summed E-state index contributed by atoms with van der Waals surface area (Å²) in [5.74, 6) is -1.75. The molecule has 1 atom stereocenters. The number of carbonyl (C=O) groups excluding carboxylic acids is 2. The molecule has 0 bridgehead atoms. The second-order valence-corrected chi connectivity index (χ2v) is 7.60. The quantitative estimate of drug-likeness (QED) is 0.360. The third kappa shape index (κ3) is 3.48. The molecule has 2 aromatic carbocycles. The summed E-state index contributed by atoms with van der Waals surface area (Å²) in [7, 11) is 0. The standard InChI is InChI=1S/C23H18FNO4S/c1-2-29-17-6-3-5-14(13-17)21(26)19-20(18-7-4-12-30-18)25(23(28)22(19)27)16-10-8-15(24)9-11-16/h3-13,20,26H,2H2,1H3/b21-19-. The van der Waals surface area contributed by atoms with Crippen LogP contribution in [0.3, 0.4) is 0 Å². The van der Waals surface area contributed by atoms with Gasteiger partial charge in [0.1, 0.15) is 23.4 Å². The van der Waals surface area contributed by atoms with Gasteiger partial charge < -0.3 is 9.84 Å². The van der Waals surface area contributed by atoms with E-state index in [0.29, 0.717) is 28.5 Å². The van der Waals surface area contributed by atoms with E-state index >= 15 is 0 Å². The molecule has 1 amide bonds. The zero-order chi connectivity index (χ0) is 21.3. The van der Waals surface area contributed by atoms with Gasteiger partial charge in [-0.1, -0.05) is 18.2 Å². The molecule has 1 aromatic heterocycles. The lowest BCUT2D eigenvalue weighted by molar-refractivity contribution is -0.132. The number of hydrogen-bond acceptors (Lipinski definition) is 5. The third-order valence-corrected chi connectivity index (χ3v) is 5.71. The number of halogens is 1. The number of ether oxygens (including phenoxy) is 1. The van der Waals surface area contributed by atoms with Crippen molar-refractivity contribution in [3.05, 3.63) is 87.9 Å². The number of aliphatic hydroxyl groups excluding tert-OH is 1. The van der Waals surface area contributed by atoms with E-state index < -0.39 is 23.5 Å². The van der Waals surface area contributed by atoms with Gasteiger partial charge in [0.15, 0.2) is 0 Å². The molecule has 1 N–H and O–H groups in total. The van der Waals surface area contributed by atoms with Crippen LogP contribution in [0.4, 0.5) is 10.1 Å². The molecule has 0 spiro atoms. The van der Waals surface area contributed by atoms with E-state index in [1.807, 2.05) is 12.3 Å². The van der Waals surface area contributed by atoms with Crippen LogP contribution in [0, 0.1) is 5.82 Å². The monoisotopic (exact) mass is 423 g/mol. The fourth-order valence-electron chi connectivity index (χ4n) is 3.47. The normalized spacial score (nSPS) is 18.1. The number of benzene rings is 2. The van der Waals surface area contributed by atoms with Crippen LogP contribution in [0.1, 0.15) is 23.4 Å². The van der Waals surface area contributed by atoms with Crippen molar-refractivity contribution in [3.63, 3.8) is 0 Å². The van der Waals surface area contributed by atoms with E-state index in [2.05, 4.69) is 0 Å². The maximum Gasteiger partial charge on any atom is 0.300 e. The van der Waals surface area contributed by atoms with Crippen molar-refractivity contribution in [2.45, 2.75) is 13.0 Å². The molecule has 3 aromatic rings. The van der Waals surface area contributed by atoms with Gasteiger partial charge >= 0.3 is 0 Å². The summed E-state index contributed by atoms with van der Waals surface area (Å²) in [6.07, 6.45) is 0. The van der Waals surface area contributed by atoms with E-state index in [1.54, 1.807) is 36.4 Å². The Labute approximate surface area is 176 Å². The Hall–Kier alpha value is -3.45. The first kappa shape index (κ1) is 19.8. The summed E-state index contributed by atoms with van der Waals surface area (Å²) in [4.78, 5) is 27.9. The highest BCUT2D eigenvalue weighted by molar-refractivity contribution is 7.10. The van der Waals surface area contributed by atoms with Crippen LogP contribution in [0.15, 0.2) is 71.6 Å². The number of ketones is 1. The van der Waals surface area contributed by atoms with Gasteiger partial charge in [0.25, 0.3) is 11.7 Å². The number of anilines is 1. The predicted molar refractivity (Wildman–Crippen MR) is 113 cm³/mol. The van der Waals surface area contributed by atoms with Crippen LogP contribution in [-0.4, -0.2) is 23.4 Å². The fraction of sp³-hybridized carbons (Fsp3) is 0.130. The van der Waals surface area contributed by atoms with Gasteiger partial charge in [0, 0.05) is 16.1 Å². The molecule has 2 heterocycles. The lowest BCUT2D eigenvalue weighted by atomic mass is 9.99. The molecule has 0 aliphatic carbocycles. The molecule has 7 heteroatoms. The van der Waals surface area contributed by atoms with Crippen molar-refractivity contribution in [1.29, 1.82) is 0 Å². The molecule has 1 aliphatic heterocycles. The zero-order valence-corrected chi connectivity index (χ0v) is 16.9. The second-order valence-electron chi connectivity index (χ2n) is 6.62. The first-order valence-corrected chi connectivity index (χ1v) is 10.2. The van der Waals surface area contributed by atoms with E-state index in [9.17, 15) is 19.1 Å². The summed E-state index contributed by atoms with van der Waals surface area (Å²) >= 11 is 1.36. The number of Topliss-reactive ketones (excluding diaryl/α,β-unsaturated/α-hetero) is 1. The minimum absolute atomic E-state index is 0.0135. The Morgan fingerprint density at radius 2 is 1.90 bits per heavy atom. The number of rotatable bonds is 5. The summed E-state index contributed by atoms with van der Waals surface area (Å²) in [6, 6.07) is 14.8. The lowest BCUT2D eigenvalue weighted by Gasteiger charge is -2.24. The van der Waals surface area contributed by atoms with Crippen LogP contribution in [0.2, 0.25) is 0 Å². The number of carbonyl (C=O) groups is 2. The van der Waals surface area contributed by atoms with E-state index in [-0.39, 0.29) is 11.3 Å². The van der Waals surface area contributed by atoms with Crippen molar-refractivity contribution in [1.82, 2.24) is 0 Å². The molecule has 1 saturated heterocycles. The van der Waals surface area contributed by atoms with Crippen molar-refractivity contribution in [2.24, 2.45) is 0 Å². The third-order valence-electron chi connectivity index (χ3n) is 4.78. The zero-order valence-electron chi connectivity index (χ0n) is 16.0. The Bertz CT molecular complexity index is 1120. The molecule has 4 rings (SSSR count). The maximum atomic E-state index is 13.4. The summed E-state index contributed by atoms with van der Waals surface area (Å²) in [6.45, 7) is 2.30. The van der Waals surface area contributed by atoms with Crippen molar-refractivity contribution >= 4 is 34.5 Å². The Morgan fingerprint density at radius 1 is 1.13 bits per heavy atom. The molecule has 1 fully saturated rings. The highest BCUT2D eigenvalue weighted by Gasteiger charge is 2.47. The van der Waals surface area contributed by atoms with Crippen molar-refractivity contribution < 1.29 is 23.8 Å². The Kier molecular flexibility index (Phi) is 5.37. The molecule has 1 unspecified atom stereocenters. The molecular formula is C23H18FNO4S.